The van der Waals surface area contributed by atoms with Crippen LogP contribution in [0.4, 0.5) is 8.78 Å². The second kappa shape index (κ2) is 7.10. The summed E-state index contributed by atoms with van der Waals surface area (Å²) in [6.45, 7) is 6.01. The molecule has 1 nitrogen and oxygen atoms in total. The lowest BCUT2D eigenvalue weighted by Crippen LogP contribution is -2.18. The average Bonchev–Trinajstić information content (AvgIpc) is 2.20. The second-order valence-corrected chi connectivity index (χ2v) is 6.21. The molecule has 1 rings (SSSR count). The Balaban J connectivity index is 2.74. The van der Waals surface area contributed by atoms with Crippen molar-refractivity contribution in [2.75, 3.05) is 5.75 Å². The lowest BCUT2D eigenvalue weighted by molar-refractivity contribution is 0.535. The highest BCUT2D eigenvalue weighted by molar-refractivity contribution is 7.99. The Bertz CT molecular complexity index is 368. The highest BCUT2D eigenvalue weighted by Crippen LogP contribution is 2.28. The monoisotopic (exact) mass is 273 g/mol. The van der Waals surface area contributed by atoms with Crippen molar-refractivity contribution in [2.45, 2.75) is 44.6 Å². The third-order valence-electron chi connectivity index (χ3n) is 2.56. The van der Waals surface area contributed by atoms with Gasteiger partial charge in [0.15, 0.2) is 0 Å². The fraction of sp³-hybridized carbons (Fsp3) is 0.571. The standard InChI is InChI=1S/C14H21F2NS/c1-9(2)4-5-18-14-12(15)7-11(6-10(3)17)8-13(14)16/h7-10H,4-6,17H2,1-3H3. The quantitative estimate of drug-likeness (QED) is 0.793. The molecule has 2 N–H and O–H groups in total. The zero-order valence-corrected chi connectivity index (χ0v) is 12.0. The van der Waals surface area contributed by atoms with Crippen LogP contribution >= 0.6 is 11.8 Å². The number of hydrogen-bond donors (Lipinski definition) is 1. The maximum absolute atomic E-state index is 13.8. The lowest BCUT2D eigenvalue weighted by atomic mass is 10.1. The van der Waals surface area contributed by atoms with Crippen LogP contribution < -0.4 is 5.73 Å². The van der Waals surface area contributed by atoms with E-state index >= 15 is 0 Å². The topological polar surface area (TPSA) is 26.0 Å². The van der Waals surface area contributed by atoms with Crippen molar-refractivity contribution in [1.82, 2.24) is 0 Å². The zero-order valence-electron chi connectivity index (χ0n) is 11.2. The van der Waals surface area contributed by atoms with E-state index in [1.807, 2.05) is 6.92 Å². The van der Waals surface area contributed by atoms with Crippen molar-refractivity contribution in [1.29, 1.82) is 0 Å². The summed E-state index contributed by atoms with van der Waals surface area (Å²) in [5, 5.41) is 0. The molecule has 0 bridgehead atoms. The summed E-state index contributed by atoms with van der Waals surface area (Å²) >= 11 is 1.25. The minimum atomic E-state index is -0.473. The molecule has 0 spiro atoms. The van der Waals surface area contributed by atoms with Crippen LogP contribution in [0.2, 0.25) is 0 Å². The van der Waals surface area contributed by atoms with Crippen molar-refractivity contribution in [2.24, 2.45) is 11.7 Å². The van der Waals surface area contributed by atoms with Crippen LogP contribution in [0.25, 0.3) is 0 Å². The molecule has 1 aromatic rings. The Labute approximate surface area is 112 Å². The van der Waals surface area contributed by atoms with E-state index in [2.05, 4.69) is 13.8 Å². The Hall–Kier alpha value is -0.610. The van der Waals surface area contributed by atoms with Crippen molar-refractivity contribution < 1.29 is 8.78 Å². The van der Waals surface area contributed by atoms with Gasteiger partial charge in [-0.2, -0.15) is 0 Å². The molecule has 1 aromatic carbocycles. The molecule has 0 heterocycles. The highest BCUT2D eigenvalue weighted by Gasteiger charge is 2.12. The smallest absolute Gasteiger partial charge is 0.140 e. The van der Waals surface area contributed by atoms with Crippen LogP contribution in [-0.2, 0) is 6.42 Å². The number of hydrogen-bond acceptors (Lipinski definition) is 2. The average molecular weight is 273 g/mol. The molecule has 1 unspecified atom stereocenters. The maximum Gasteiger partial charge on any atom is 0.140 e. The first-order valence-electron chi connectivity index (χ1n) is 6.26. The molecule has 0 aliphatic carbocycles. The molecule has 0 saturated heterocycles. The van der Waals surface area contributed by atoms with Crippen LogP contribution in [-0.4, -0.2) is 11.8 Å². The predicted octanol–water partition coefficient (Wildman–Crippen LogP) is 3.99. The summed E-state index contributed by atoms with van der Waals surface area (Å²) in [5.41, 5.74) is 6.24. The van der Waals surface area contributed by atoms with Gasteiger partial charge in [0, 0.05) is 6.04 Å². The van der Waals surface area contributed by atoms with Crippen LogP contribution in [0, 0.1) is 17.6 Å². The molecule has 0 amide bonds. The molecular weight excluding hydrogens is 252 g/mol. The Kier molecular flexibility index (Phi) is 6.09. The van der Waals surface area contributed by atoms with Gasteiger partial charge >= 0.3 is 0 Å². The van der Waals surface area contributed by atoms with E-state index in [-0.39, 0.29) is 10.9 Å². The summed E-state index contributed by atoms with van der Waals surface area (Å²) in [4.78, 5) is 0.129. The Morgan fingerprint density at radius 1 is 1.17 bits per heavy atom. The number of thioether (sulfide) groups is 1. The highest BCUT2D eigenvalue weighted by atomic mass is 32.2. The largest absolute Gasteiger partial charge is 0.328 e. The van der Waals surface area contributed by atoms with Gasteiger partial charge in [-0.05, 0) is 49.1 Å². The molecule has 18 heavy (non-hydrogen) atoms. The summed E-state index contributed by atoms with van der Waals surface area (Å²) in [6, 6.07) is 2.69. The van der Waals surface area contributed by atoms with E-state index < -0.39 is 11.6 Å². The first kappa shape index (κ1) is 15.4. The summed E-state index contributed by atoms with van der Waals surface area (Å²) in [5.74, 6) is 0.331. The normalized spacial score (nSPS) is 13.1. The number of halogens is 2. The molecule has 0 radical (unpaired) electrons. The SMILES string of the molecule is CC(C)CCSc1c(F)cc(CC(C)N)cc1F. The van der Waals surface area contributed by atoms with E-state index in [4.69, 9.17) is 5.73 Å². The van der Waals surface area contributed by atoms with Gasteiger partial charge in [0.2, 0.25) is 0 Å². The van der Waals surface area contributed by atoms with Crippen LogP contribution in [0.3, 0.4) is 0 Å². The van der Waals surface area contributed by atoms with Crippen LogP contribution in [0.1, 0.15) is 32.8 Å². The van der Waals surface area contributed by atoms with Gasteiger partial charge in [-0.15, -0.1) is 11.8 Å². The van der Waals surface area contributed by atoms with Gasteiger partial charge in [-0.1, -0.05) is 13.8 Å². The van der Waals surface area contributed by atoms with Gasteiger partial charge in [0.25, 0.3) is 0 Å². The molecule has 4 heteroatoms. The van der Waals surface area contributed by atoms with Gasteiger partial charge in [-0.25, -0.2) is 8.78 Å². The Morgan fingerprint density at radius 3 is 2.17 bits per heavy atom. The minimum Gasteiger partial charge on any atom is -0.328 e. The molecule has 1 atom stereocenters. The Morgan fingerprint density at radius 2 is 1.72 bits per heavy atom. The summed E-state index contributed by atoms with van der Waals surface area (Å²) < 4.78 is 27.6. The van der Waals surface area contributed by atoms with Crippen molar-refractivity contribution in [3.63, 3.8) is 0 Å². The van der Waals surface area contributed by atoms with E-state index in [9.17, 15) is 8.78 Å². The first-order valence-corrected chi connectivity index (χ1v) is 7.25. The molecule has 0 aromatic heterocycles. The summed E-state index contributed by atoms with van der Waals surface area (Å²) in [6.07, 6.45) is 1.44. The minimum absolute atomic E-state index is 0.0942. The molecule has 0 aliphatic heterocycles. The van der Waals surface area contributed by atoms with E-state index in [1.165, 1.54) is 23.9 Å². The molecule has 102 valence electrons. The van der Waals surface area contributed by atoms with Crippen molar-refractivity contribution >= 4 is 11.8 Å². The van der Waals surface area contributed by atoms with Crippen LogP contribution in [0.15, 0.2) is 17.0 Å². The van der Waals surface area contributed by atoms with Crippen molar-refractivity contribution in [3.8, 4) is 0 Å². The van der Waals surface area contributed by atoms with Gasteiger partial charge < -0.3 is 5.73 Å². The van der Waals surface area contributed by atoms with Gasteiger partial charge in [-0.3, -0.25) is 0 Å². The molecule has 0 fully saturated rings. The van der Waals surface area contributed by atoms with Crippen molar-refractivity contribution in [3.05, 3.63) is 29.3 Å². The van der Waals surface area contributed by atoms with E-state index in [0.717, 1.165) is 12.2 Å². The summed E-state index contributed by atoms with van der Waals surface area (Å²) in [7, 11) is 0. The van der Waals surface area contributed by atoms with Gasteiger partial charge in [0.05, 0.1) is 4.90 Å². The fourth-order valence-corrected chi connectivity index (χ4v) is 2.82. The van der Waals surface area contributed by atoms with Crippen LogP contribution in [0.5, 0.6) is 0 Å². The number of benzene rings is 1. The van der Waals surface area contributed by atoms with E-state index in [0.29, 0.717) is 17.9 Å². The third-order valence-corrected chi connectivity index (χ3v) is 3.68. The first-order chi connectivity index (χ1) is 8.40. The number of nitrogens with two attached hydrogens (primary N) is 1. The van der Waals surface area contributed by atoms with E-state index in [1.54, 1.807) is 0 Å². The molecule has 0 aliphatic rings. The third kappa shape index (κ3) is 4.94. The molecular formula is C14H21F2NS. The molecule has 0 saturated carbocycles. The number of rotatable bonds is 6. The zero-order chi connectivity index (χ0) is 13.7. The fourth-order valence-electron chi connectivity index (χ4n) is 1.64. The predicted molar refractivity (Wildman–Crippen MR) is 73.9 cm³/mol. The second-order valence-electron chi connectivity index (χ2n) is 5.10. The lowest BCUT2D eigenvalue weighted by Gasteiger charge is -2.10. The van der Waals surface area contributed by atoms with Gasteiger partial charge in [0.1, 0.15) is 11.6 Å². The maximum atomic E-state index is 13.8.